The summed E-state index contributed by atoms with van der Waals surface area (Å²) in [5.41, 5.74) is 6.90. The van der Waals surface area contributed by atoms with Gasteiger partial charge in [-0.05, 0) is 26.3 Å². The highest BCUT2D eigenvalue weighted by molar-refractivity contribution is 5.23. The van der Waals surface area contributed by atoms with Crippen LogP contribution in [0.5, 0.6) is 0 Å². The van der Waals surface area contributed by atoms with E-state index in [1.54, 1.807) is 6.33 Å². The van der Waals surface area contributed by atoms with E-state index in [4.69, 9.17) is 5.73 Å². The van der Waals surface area contributed by atoms with Crippen LogP contribution in [0, 0.1) is 0 Å². The summed E-state index contributed by atoms with van der Waals surface area (Å²) in [5.74, 6) is 0.559. The van der Waals surface area contributed by atoms with E-state index in [1.807, 2.05) is 16.8 Å². The minimum atomic E-state index is -0.0618. The summed E-state index contributed by atoms with van der Waals surface area (Å²) in [6, 6.07) is 10.8. The number of hydrogen-bond acceptors (Lipinski definition) is 3. The zero-order valence-electron chi connectivity index (χ0n) is 11.8. The van der Waals surface area contributed by atoms with E-state index in [1.165, 1.54) is 5.56 Å². The lowest BCUT2D eigenvalue weighted by atomic mass is 10.0. The molecule has 4 nitrogen and oxygen atoms in total. The summed E-state index contributed by atoms with van der Waals surface area (Å²) in [7, 11) is 0. The fourth-order valence-electron chi connectivity index (χ4n) is 2.02. The Balaban J connectivity index is 1.98. The Morgan fingerprint density at radius 3 is 2.58 bits per heavy atom. The van der Waals surface area contributed by atoms with Crippen LogP contribution < -0.4 is 11.1 Å². The van der Waals surface area contributed by atoms with Gasteiger partial charge in [0.25, 0.3) is 0 Å². The van der Waals surface area contributed by atoms with Gasteiger partial charge in [-0.15, -0.1) is 0 Å². The summed E-state index contributed by atoms with van der Waals surface area (Å²) >= 11 is 0. The number of nitrogen functional groups attached to an aromatic ring is 1. The molecule has 0 saturated heterocycles. The summed E-state index contributed by atoms with van der Waals surface area (Å²) in [5, 5.41) is 3.56. The van der Waals surface area contributed by atoms with Gasteiger partial charge in [0.2, 0.25) is 0 Å². The molecule has 19 heavy (non-hydrogen) atoms. The topological polar surface area (TPSA) is 55.9 Å². The molecule has 0 aliphatic carbocycles. The maximum Gasteiger partial charge on any atom is 0.141 e. The van der Waals surface area contributed by atoms with Crippen LogP contribution >= 0.6 is 0 Å². The minimum Gasteiger partial charge on any atom is -0.382 e. The van der Waals surface area contributed by atoms with Crippen LogP contribution in [-0.2, 0) is 5.54 Å². The van der Waals surface area contributed by atoms with E-state index < -0.39 is 0 Å². The molecule has 0 aliphatic rings. The average Bonchev–Trinajstić information content (AvgIpc) is 2.85. The Labute approximate surface area is 114 Å². The molecule has 0 saturated carbocycles. The number of nitrogens with zero attached hydrogens (tertiary/aromatic N) is 2. The number of nitrogens with one attached hydrogen (secondary N) is 1. The third-order valence-corrected chi connectivity index (χ3v) is 3.44. The van der Waals surface area contributed by atoms with Gasteiger partial charge in [-0.3, -0.25) is 0 Å². The lowest BCUT2D eigenvalue weighted by molar-refractivity contribution is 0.319. The van der Waals surface area contributed by atoms with Crippen molar-refractivity contribution in [3.8, 4) is 0 Å². The summed E-state index contributed by atoms with van der Waals surface area (Å²) < 4.78 is 2.05. The molecule has 1 unspecified atom stereocenters. The van der Waals surface area contributed by atoms with Crippen molar-refractivity contribution < 1.29 is 0 Å². The van der Waals surface area contributed by atoms with E-state index in [0.717, 1.165) is 6.54 Å². The van der Waals surface area contributed by atoms with Gasteiger partial charge in [0, 0.05) is 18.8 Å². The van der Waals surface area contributed by atoms with E-state index in [0.29, 0.717) is 11.9 Å². The van der Waals surface area contributed by atoms with Gasteiger partial charge in [-0.2, -0.15) is 0 Å². The van der Waals surface area contributed by atoms with Gasteiger partial charge in [-0.25, -0.2) is 4.98 Å². The molecule has 1 heterocycles. The highest BCUT2D eigenvalue weighted by Crippen LogP contribution is 2.18. The predicted molar refractivity (Wildman–Crippen MR) is 78.8 cm³/mol. The second-order valence-electron chi connectivity index (χ2n) is 5.53. The zero-order chi connectivity index (χ0) is 13.9. The van der Waals surface area contributed by atoms with Crippen LogP contribution in [0.25, 0.3) is 0 Å². The number of imidazole rings is 1. The number of nitrogens with two attached hydrogens (primary N) is 1. The van der Waals surface area contributed by atoms with Gasteiger partial charge in [0.15, 0.2) is 0 Å². The Bertz CT molecular complexity index is 516. The van der Waals surface area contributed by atoms with Crippen LogP contribution in [0.1, 0.15) is 32.4 Å². The predicted octanol–water partition coefficient (Wildman–Crippen LogP) is 2.55. The lowest BCUT2D eigenvalue weighted by Crippen LogP contribution is -2.38. The number of hydrogen-bond donors (Lipinski definition) is 2. The van der Waals surface area contributed by atoms with Crippen LogP contribution in [-0.4, -0.2) is 16.1 Å². The summed E-state index contributed by atoms with van der Waals surface area (Å²) in [6.07, 6.45) is 3.65. The third-order valence-electron chi connectivity index (χ3n) is 3.44. The number of benzene rings is 1. The first-order chi connectivity index (χ1) is 8.99. The van der Waals surface area contributed by atoms with E-state index in [-0.39, 0.29) is 5.54 Å². The molecule has 0 bridgehead atoms. The molecule has 2 aromatic rings. The molecule has 0 spiro atoms. The smallest absolute Gasteiger partial charge is 0.141 e. The van der Waals surface area contributed by atoms with Gasteiger partial charge in [0.1, 0.15) is 5.82 Å². The van der Waals surface area contributed by atoms with Gasteiger partial charge in [-0.1, -0.05) is 30.3 Å². The van der Waals surface area contributed by atoms with Gasteiger partial charge < -0.3 is 15.6 Å². The molecular formula is C15H22N4. The fourth-order valence-corrected chi connectivity index (χ4v) is 2.02. The van der Waals surface area contributed by atoms with Crippen molar-refractivity contribution in [1.29, 1.82) is 0 Å². The number of anilines is 1. The molecule has 2 rings (SSSR count). The first-order valence-electron chi connectivity index (χ1n) is 6.57. The molecule has 1 aromatic carbocycles. The molecule has 0 aliphatic heterocycles. The Hall–Kier alpha value is -1.81. The van der Waals surface area contributed by atoms with Crippen molar-refractivity contribution in [3.63, 3.8) is 0 Å². The molecule has 0 fully saturated rings. The van der Waals surface area contributed by atoms with E-state index in [9.17, 15) is 0 Å². The van der Waals surface area contributed by atoms with Crippen LogP contribution in [0.2, 0.25) is 0 Å². The second kappa shape index (κ2) is 5.45. The molecule has 3 N–H and O–H groups in total. The van der Waals surface area contributed by atoms with Crippen LogP contribution in [0.4, 0.5) is 5.82 Å². The molecule has 1 atom stereocenters. The molecular weight excluding hydrogens is 236 g/mol. The maximum atomic E-state index is 5.67. The van der Waals surface area contributed by atoms with E-state index in [2.05, 4.69) is 55.3 Å². The van der Waals surface area contributed by atoms with Crippen molar-refractivity contribution in [2.45, 2.75) is 32.4 Å². The second-order valence-corrected chi connectivity index (χ2v) is 5.53. The van der Waals surface area contributed by atoms with Crippen molar-refractivity contribution in [1.82, 2.24) is 14.9 Å². The lowest BCUT2D eigenvalue weighted by Gasteiger charge is -2.28. The maximum absolute atomic E-state index is 5.67. The molecule has 0 radical (unpaired) electrons. The third kappa shape index (κ3) is 3.35. The molecule has 102 valence electrons. The normalized spacial score (nSPS) is 13.4. The Kier molecular flexibility index (Phi) is 3.90. The van der Waals surface area contributed by atoms with Crippen LogP contribution in [0.15, 0.2) is 42.9 Å². The first kappa shape index (κ1) is 13.6. The fraction of sp³-hybridized carbons (Fsp3) is 0.400. The van der Waals surface area contributed by atoms with Crippen molar-refractivity contribution in [2.75, 3.05) is 12.3 Å². The molecule has 1 aromatic heterocycles. The van der Waals surface area contributed by atoms with Crippen molar-refractivity contribution >= 4 is 5.82 Å². The first-order valence-corrected chi connectivity index (χ1v) is 6.57. The monoisotopic (exact) mass is 258 g/mol. The highest BCUT2D eigenvalue weighted by atomic mass is 15.1. The molecule has 0 amide bonds. The minimum absolute atomic E-state index is 0.0618. The SMILES string of the molecule is CC(NCC(C)(C)n1cnc(N)c1)c1ccccc1. The number of aromatic nitrogens is 2. The van der Waals surface area contributed by atoms with E-state index >= 15 is 0 Å². The summed E-state index contributed by atoms with van der Waals surface area (Å²) in [6.45, 7) is 7.35. The zero-order valence-corrected chi connectivity index (χ0v) is 11.8. The summed E-state index contributed by atoms with van der Waals surface area (Å²) in [4.78, 5) is 4.08. The standard InChI is InChI=1S/C15H22N4/c1-12(13-7-5-4-6-8-13)17-10-15(2,3)19-9-14(16)18-11-19/h4-9,11-12,17H,10,16H2,1-3H3. The Morgan fingerprint density at radius 2 is 2.00 bits per heavy atom. The van der Waals surface area contributed by atoms with Crippen LogP contribution in [0.3, 0.4) is 0 Å². The van der Waals surface area contributed by atoms with Gasteiger partial charge >= 0.3 is 0 Å². The molecule has 4 heteroatoms. The van der Waals surface area contributed by atoms with Crippen molar-refractivity contribution in [3.05, 3.63) is 48.4 Å². The highest BCUT2D eigenvalue weighted by Gasteiger charge is 2.21. The number of rotatable bonds is 5. The largest absolute Gasteiger partial charge is 0.382 e. The average molecular weight is 258 g/mol. The Morgan fingerprint density at radius 1 is 1.32 bits per heavy atom. The quantitative estimate of drug-likeness (QED) is 0.866. The van der Waals surface area contributed by atoms with Crippen molar-refractivity contribution in [2.24, 2.45) is 0 Å². The van der Waals surface area contributed by atoms with Gasteiger partial charge in [0.05, 0.1) is 11.9 Å².